The van der Waals surface area contributed by atoms with Gasteiger partial charge in [0.05, 0.1) is 16.1 Å². The van der Waals surface area contributed by atoms with E-state index in [0.29, 0.717) is 49.4 Å². The number of ether oxygens (including phenoxy) is 1. The largest absolute Gasteiger partial charge is 0.482 e. The van der Waals surface area contributed by atoms with Crippen LogP contribution in [0.3, 0.4) is 0 Å². The zero-order chi connectivity index (χ0) is 46.0. The number of hydrogen-bond acceptors (Lipinski definition) is 12. The third-order valence-corrected chi connectivity index (χ3v) is 12.0. The zero-order valence-electron chi connectivity index (χ0n) is 35.0. The highest BCUT2D eigenvalue weighted by molar-refractivity contribution is 6.36. The number of anilines is 3. The summed E-state index contributed by atoms with van der Waals surface area (Å²) in [4.78, 5) is 95.2. The number of aromatic nitrogens is 2. The molecule has 0 spiro atoms. The number of halogens is 3. The smallest absolute Gasteiger partial charge is 0.276 e. The Balaban J connectivity index is 0.876. The molecular weight excluding hydrogens is 872 g/mol. The number of nitrogens with two attached hydrogens (primary N) is 1. The molecule has 17 nitrogen and oxygen atoms in total. The number of amides is 7. The summed E-state index contributed by atoms with van der Waals surface area (Å²) in [5, 5.41) is 15.8. The van der Waals surface area contributed by atoms with Gasteiger partial charge in [-0.15, -0.1) is 10.2 Å². The topological polar surface area (TPSA) is 226 Å². The molecule has 4 atom stereocenters. The van der Waals surface area contributed by atoms with Gasteiger partial charge in [-0.05, 0) is 88.6 Å². The highest BCUT2D eigenvalue weighted by atomic mass is 35.5. The van der Waals surface area contributed by atoms with E-state index in [1.165, 1.54) is 18.2 Å². The van der Waals surface area contributed by atoms with Crippen LogP contribution in [0.1, 0.15) is 106 Å². The Hall–Kier alpha value is -6.66. The van der Waals surface area contributed by atoms with Gasteiger partial charge < -0.3 is 30.9 Å². The minimum absolute atomic E-state index is 0.00179. The molecule has 4 heterocycles. The number of fused-ring (bicyclic) bond motifs is 1. The predicted octanol–water partition coefficient (Wildman–Crippen LogP) is 5.64. The fourth-order valence-electron chi connectivity index (χ4n) is 8.22. The van der Waals surface area contributed by atoms with E-state index < -0.39 is 47.5 Å². The molecule has 3 aromatic carbocycles. The van der Waals surface area contributed by atoms with E-state index in [2.05, 4.69) is 26.1 Å². The average molecular weight is 917 g/mol. The van der Waals surface area contributed by atoms with Crippen molar-refractivity contribution < 1.29 is 42.7 Å². The van der Waals surface area contributed by atoms with Crippen LogP contribution >= 0.6 is 23.2 Å². The summed E-state index contributed by atoms with van der Waals surface area (Å²) in [6.45, 7) is 6.40. The van der Waals surface area contributed by atoms with Gasteiger partial charge in [0.25, 0.3) is 23.6 Å². The maximum Gasteiger partial charge on any atom is 0.276 e. The minimum atomic E-state index is -1.06. The lowest BCUT2D eigenvalue weighted by atomic mass is 10.0. The maximum absolute atomic E-state index is 14.1. The van der Waals surface area contributed by atoms with E-state index in [9.17, 15) is 38.0 Å². The third-order valence-electron chi connectivity index (χ3n) is 11.3. The average Bonchev–Trinajstić information content (AvgIpc) is 3.51. The lowest BCUT2D eigenvalue weighted by Gasteiger charge is -2.44. The quantitative estimate of drug-likeness (QED) is 0.0726. The Morgan fingerprint density at radius 1 is 0.969 bits per heavy atom. The number of carbonyl (C=O) groups is 7. The Morgan fingerprint density at radius 2 is 1.69 bits per heavy atom. The van der Waals surface area contributed by atoms with Gasteiger partial charge in [-0.1, -0.05) is 29.3 Å². The minimum Gasteiger partial charge on any atom is -0.482 e. The van der Waals surface area contributed by atoms with Gasteiger partial charge >= 0.3 is 0 Å². The van der Waals surface area contributed by atoms with E-state index in [1.54, 1.807) is 53.1 Å². The number of piperidine rings is 1. The molecule has 2 saturated heterocycles. The number of carbonyl (C=O) groups excluding carboxylic acids is 7. The van der Waals surface area contributed by atoms with Crippen molar-refractivity contribution in [3.8, 4) is 5.75 Å². The molecule has 2 unspecified atom stereocenters. The van der Waals surface area contributed by atoms with Crippen molar-refractivity contribution in [3.05, 3.63) is 104 Å². The lowest BCUT2D eigenvalue weighted by molar-refractivity contribution is -0.139. The number of nitrogens with one attached hydrogen (secondary N) is 3. The summed E-state index contributed by atoms with van der Waals surface area (Å²) < 4.78 is 20.0. The second kappa shape index (κ2) is 19.0. The molecule has 7 amide bonds. The first-order valence-electron chi connectivity index (χ1n) is 20.6. The van der Waals surface area contributed by atoms with E-state index >= 15 is 0 Å². The third kappa shape index (κ3) is 9.33. The standard InChI is InChI=1S/C44H44Cl2FN9O8/c1-22-20-54(42(61)25-10-12-26(13-11-25)50-40(59)31-19-33(39(48)53-52-31)64-24(3)36-28(45)14-15-29(47)38(36)46)21-23(2)55(22)35(58)9-4-5-18-49-30-8-6-7-27-37(30)44(63)56(43(27)62)32-16-17-34(57)51-41(32)60/h6-8,10-15,19,22-24,32,49H,4-5,9,16-18,20-21H2,1-3H3,(H2,48,53)(H,50,59)(H,51,57,60)/t22-,23+,24?,32?. The Morgan fingerprint density at radius 3 is 2.39 bits per heavy atom. The molecular formula is C44H44Cl2FN9O8. The maximum atomic E-state index is 14.1. The van der Waals surface area contributed by atoms with Crippen LogP contribution in [0.2, 0.25) is 10.0 Å². The number of imide groups is 2. The zero-order valence-corrected chi connectivity index (χ0v) is 36.5. The van der Waals surface area contributed by atoms with Crippen LogP contribution < -0.4 is 26.4 Å². The van der Waals surface area contributed by atoms with Crippen LogP contribution in [0.25, 0.3) is 0 Å². The van der Waals surface area contributed by atoms with Crippen LogP contribution in [-0.4, -0.2) is 104 Å². The van der Waals surface area contributed by atoms with Crippen LogP contribution in [0.15, 0.2) is 60.7 Å². The monoisotopic (exact) mass is 915 g/mol. The van der Waals surface area contributed by atoms with E-state index in [4.69, 9.17) is 33.7 Å². The van der Waals surface area contributed by atoms with Crippen molar-refractivity contribution in [1.29, 1.82) is 0 Å². The summed E-state index contributed by atoms with van der Waals surface area (Å²) >= 11 is 12.4. The van der Waals surface area contributed by atoms with E-state index in [-0.39, 0.29) is 87.2 Å². The molecule has 334 valence electrons. The number of unbranched alkanes of at least 4 members (excludes halogenated alkanes) is 1. The van der Waals surface area contributed by atoms with Gasteiger partial charge in [0.1, 0.15) is 18.0 Å². The van der Waals surface area contributed by atoms with Crippen molar-refractivity contribution >= 4 is 81.7 Å². The molecule has 2 fully saturated rings. The van der Waals surface area contributed by atoms with Gasteiger partial charge in [-0.2, -0.15) is 0 Å². The second-order valence-corrected chi connectivity index (χ2v) is 16.6. The molecule has 3 aliphatic heterocycles. The number of piperazine rings is 1. The summed E-state index contributed by atoms with van der Waals surface area (Å²) in [5.41, 5.74) is 7.56. The Kier molecular flexibility index (Phi) is 13.5. The number of benzene rings is 3. The van der Waals surface area contributed by atoms with Crippen molar-refractivity contribution in [1.82, 2.24) is 30.2 Å². The predicted molar refractivity (Wildman–Crippen MR) is 233 cm³/mol. The van der Waals surface area contributed by atoms with Gasteiger partial charge in [-0.3, -0.25) is 43.8 Å². The molecule has 7 rings (SSSR count). The lowest BCUT2D eigenvalue weighted by Crippen LogP contribution is -2.59. The van der Waals surface area contributed by atoms with Crippen molar-refractivity contribution in [2.75, 3.05) is 36.0 Å². The summed E-state index contributed by atoms with van der Waals surface area (Å²) in [6, 6.07) is 13.3. The molecule has 4 aromatic rings. The van der Waals surface area contributed by atoms with Gasteiger partial charge in [-0.25, -0.2) is 4.39 Å². The van der Waals surface area contributed by atoms with Crippen molar-refractivity contribution in [2.24, 2.45) is 0 Å². The Labute approximate surface area is 376 Å². The van der Waals surface area contributed by atoms with E-state index in [1.807, 2.05) is 13.8 Å². The van der Waals surface area contributed by atoms with Crippen molar-refractivity contribution in [2.45, 2.75) is 77.1 Å². The summed E-state index contributed by atoms with van der Waals surface area (Å²) in [6.07, 6.45) is 0.609. The normalized spacial score (nSPS) is 19.0. The highest BCUT2D eigenvalue weighted by Crippen LogP contribution is 2.36. The van der Waals surface area contributed by atoms with Gasteiger partial charge in [0.15, 0.2) is 17.3 Å². The summed E-state index contributed by atoms with van der Waals surface area (Å²) in [7, 11) is 0. The van der Waals surface area contributed by atoms with Crippen LogP contribution in [-0.2, 0) is 14.4 Å². The molecule has 1 aromatic heterocycles. The Bertz CT molecular complexity index is 2550. The molecule has 5 N–H and O–H groups in total. The van der Waals surface area contributed by atoms with Crippen LogP contribution in [0, 0.1) is 5.82 Å². The number of rotatable bonds is 13. The molecule has 0 aliphatic carbocycles. The molecule has 0 saturated carbocycles. The van der Waals surface area contributed by atoms with Crippen LogP contribution in [0.5, 0.6) is 5.75 Å². The first-order valence-corrected chi connectivity index (χ1v) is 21.3. The fraction of sp³-hybridized carbons (Fsp3) is 0.341. The first kappa shape index (κ1) is 45.4. The molecule has 3 aliphatic rings. The summed E-state index contributed by atoms with van der Waals surface area (Å²) in [5.74, 6) is -4.04. The molecule has 64 heavy (non-hydrogen) atoms. The SMILES string of the molecule is CC(Oc1cc(C(=O)Nc2ccc(C(=O)N3C[C@@H](C)N(C(=O)CCCCNc4cccc5c4C(=O)N(C4CCC(=O)NC4=O)C5=O)[C@@H](C)C3)cc2)nnc1N)c1c(Cl)ccc(F)c1Cl. The molecule has 20 heteroatoms. The number of hydrogen-bond donors (Lipinski definition) is 4. The molecule has 0 radical (unpaired) electrons. The van der Waals surface area contributed by atoms with Crippen molar-refractivity contribution in [3.63, 3.8) is 0 Å². The number of nitrogen functional groups attached to an aromatic ring is 1. The second-order valence-electron chi connectivity index (χ2n) is 15.8. The van der Waals surface area contributed by atoms with E-state index in [0.717, 1.165) is 11.0 Å². The first-order chi connectivity index (χ1) is 30.5. The van der Waals surface area contributed by atoms with Crippen LogP contribution in [0.4, 0.5) is 21.6 Å². The fourth-order valence-corrected chi connectivity index (χ4v) is 8.90. The van der Waals surface area contributed by atoms with Gasteiger partial charge in [0, 0.05) is 78.2 Å². The number of nitrogens with zero attached hydrogens (tertiary/aromatic N) is 5. The van der Waals surface area contributed by atoms with Gasteiger partial charge in [0.2, 0.25) is 17.7 Å². The highest BCUT2D eigenvalue weighted by Gasteiger charge is 2.45. The molecule has 0 bridgehead atoms.